The monoisotopic (exact) mass is 215 g/mol. The zero-order valence-electron chi connectivity index (χ0n) is 9.65. The van der Waals surface area contributed by atoms with Gasteiger partial charge in [0, 0.05) is 18.6 Å². The molecular formula is C14H17NO. The third-order valence-corrected chi connectivity index (χ3v) is 3.76. The second-order valence-corrected chi connectivity index (χ2v) is 4.49. The molecule has 0 N–H and O–H groups in total. The molecule has 1 unspecified atom stereocenters. The fourth-order valence-corrected chi connectivity index (χ4v) is 2.60. The summed E-state index contributed by atoms with van der Waals surface area (Å²) in [6, 6.07) is 12.8. The predicted molar refractivity (Wildman–Crippen MR) is 63.0 cm³/mol. The molecule has 0 amide bonds. The molecule has 16 heavy (non-hydrogen) atoms. The fraction of sp³-hybridized carbons (Fsp3) is 0.500. The number of hydrogen-bond acceptors (Lipinski definition) is 2. The van der Waals surface area contributed by atoms with Crippen LogP contribution in [0.25, 0.3) is 0 Å². The summed E-state index contributed by atoms with van der Waals surface area (Å²) in [4.78, 5) is 0. The summed E-state index contributed by atoms with van der Waals surface area (Å²) in [5, 5.41) is 9.22. The zero-order chi connectivity index (χ0) is 11.4. The topological polar surface area (TPSA) is 33.0 Å². The Morgan fingerprint density at radius 1 is 1.25 bits per heavy atom. The van der Waals surface area contributed by atoms with E-state index < -0.39 is 0 Å². The predicted octanol–water partition coefficient (Wildman–Crippen LogP) is 2.89. The van der Waals surface area contributed by atoms with Crippen LogP contribution < -0.4 is 0 Å². The van der Waals surface area contributed by atoms with E-state index >= 15 is 0 Å². The lowest BCUT2D eigenvalue weighted by Crippen LogP contribution is -2.39. The summed E-state index contributed by atoms with van der Waals surface area (Å²) in [7, 11) is 0. The lowest BCUT2D eigenvalue weighted by molar-refractivity contribution is 0.0379. The van der Waals surface area contributed by atoms with E-state index in [-0.39, 0.29) is 11.3 Å². The number of rotatable bonds is 2. The van der Waals surface area contributed by atoms with E-state index in [1.807, 2.05) is 13.0 Å². The summed E-state index contributed by atoms with van der Waals surface area (Å²) in [6.07, 6.45) is 1.90. The van der Waals surface area contributed by atoms with Crippen LogP contribution in [0.15, 0.2) is 30.3 Å². The minimum atomic E-state index is -0.00569. The molecule has 0 aromatic heterocycles. The summed E-state index contributed by atoms with van der Waals surface area (Å²) < 4.78 is 5.43. The highest BCUT2D eigenvalue weighted by Crippen LogP contribution is 2.41. The molecule has 1 aliphatic rings. The van der Waals surface area contributed by atoms with Crippen molar-refractivity contribution in [3.05, 3.63) is 35.9 Å². The Hall–Kier alpha value is -1.33. The van der Waals surface area contributed by atoms with E-state index in [1.54, 1.807) is 0 Å². The van der Waals surface area contributed by atoms with Crippen molar-refractivity contribution in [3.8, 4) is 6.07 Å². The first-order valence-corrected chi connectivity index (χ1v) is 5.82. The van der Waals surface area contributed by atoms with Gasteiger partial charge in [-0.1, -0.05) is 30.3 Å². The smallest absolute Gasteiger partial charge is 0.0662 e. The SMILES string of the molecule is CC(C#N)C1(c2ccccc2)CCOCC1. The number of hydrogen-bond donors (Lipinski definition) is 0. The summed E-state index contributed by atoms with van der Waals surface area (Å²) in [5.41, 5.74) is 1.28. The largest absolute Gasteiger partial charge is 0.381 e. The van der Waals surface area contributed by atoms with Crippen molar-refractivity contribution >= 4 is 0 Å². The van der Waals surface area contributed by atoms with E-state index in [9.17, 15) is 5.26 Å². The van der Waals surface area contributed by atoms with Crippen molar-refractivity contribution in [2.45, 2.75) is 25.2 Å². The van der Waals surface area contributed by atoms with Crippen LogP contribution in [0.2, 0.25) is 0 Å². The molecule has 1 aromatic rings. The van der Waals surface area contributed by atoms with Crippen molar-refractivity contribution in [2.75, 3.05) is 13.2 Å². The van der Waals surface area contributed by atoms with Gasteiger partial charge < -0.3 is 4.74 Å². The van der Waals surface area contributed by atoms with Gasteiger partial charge in [0.05, 0.1) is 12.0 Å². The van der Waals surface area contributed by atoms with Crippen molar-refractivity contribution in [1.29, 1.82) is 5.26 Å². The van der Waals surface area contributed by atoms with Gasteiger partial charge in [-0.2, -0.15) is 5.26 Å². The lowest BCUT2D eigenvalue weighted by Gasteiger charge is -2.39. The van der Waals surface area contributed by atoms with Gasteiger partial charge in [0.2, 0.25) is 0 Å². The van der Waals surface area contributed by atoms with Crippen molar-refractivity contribution in [2.24, 2.45) is 5.92 Å². The minimum Gasteiger partial charge on any atom is -0.381 e. The van der Waals surface area contributed by atoms with Gasteiger partial charge in [0.1, 0.15) is 0 Å². The number of ether oxygens (including phenoxy) is 1. The first-order chi connectivity index (χ1) is 7.79. The molecule has 0 aliphatic carbocycles. The first kappa shape index (κ1) is 11.2. The Labute approximate surface area is 96.9 Å². The van der Waals surface area contributed by atoms with Crippen LogP contribution in [-0.4, -0.2) is 13.2 Å². The molecule has 1 aromatic carbocycles. The van der Waals surface area contributed by atoms with Gasteiger partial charge in [-0.05, 0) is 25.3 Å². The fourth-order valence-electron chi connectivity index (χ4n) is 2.60. The maximum absolute atomic E-state index is 9.22. The quantitative estimate of drug-likeness (QED) is 0.760. The van der Waals surface area contributed by atoms with Crippen LogP contribution >= 0.6 is 0 Å². The van der Waals surface area contributed by atoms with Crippen LogP contribution in [0.4, 0.5) is 0 Å². The van der Waals surface area contributed by atoms with Crippen molar-refractivity contribution in [1.82, 2.24) is 0 Å². The lowest BCUT2D eigenvalue weighted by atomic mass is 9.66. The van der Waals surface area contributed by atoms with Crippen LogP contribution in [0, 0.1) is 17.2 Å². The third-order valence-electron chi connectivity index (χ3n) is 3.76. The van der Waals surface area contributed by atoms with Crippen molar-refractivity contribution < 1.29 is 4.74 Å². The van der Waals surface area contributed by atoms with Gasteiger partial charge in [0.25, 0.3) is 0 Å². The molecule has 0 bridgehead atoms. The highest BCUT2D eigenvalue weighted by atomic mass is 16.5. The molecule has 1 atom stereocenters. The first-order valence-electron chi connectivity index (χ1n) is 5.82. The van der Waals surface area contributed by atoms with Crippen LogP contribution in [0.5, 0.6) is 0 Å². The number of benzene rings is 1. The second kappa shape index (κ2) is 4.67. The maximum Gasteiger partial charge on any atom is 0.0662 e. The van der Waals surface area contributed by atoms with Gasteiger partial charge in [-0.3, -0.25) is 0 Å². The van der Waals surface area contributed by atoms with Crippen LogP contribution in [0.3, 0.4) is 0 Å². The summed E-state index contributed by atoms with van der Waals surface area (Å²) in [5.74, 6) is 0.0406. The Balaban J connectivity index is 2.38. The van der Waals surface area contributed by atoms with Gasteiger partial charge in [-0.25, -0.2) is 0 Å². The molecular weight excluding hydrogens is 198 g/mol. The molecule has 84 valence electrons. The normalized spacial score (nSPS) is 21.0. The van der Waals surface area contributed by atoms with E-state index in [0.29, 0.717) is 0 Å². The molecule has 2 heteroatoms. The Morgan fingerprint density at radius 2 is 1.88 bits per heavy atom. The van der Waals surface area contributed by atoms with E-state index in [2.05, 4.69) is 30.3 Å². The molecule has 0 spiro atoms. The van der Waals surface area contributed by atoms with Crippen LogP contribution in [-0.2, 0) is 10.2 Å². The average Bonchev–Trinajstić information content (AvgIpc) is 2.39. The van der Waals surface area contributed by atoms with Gasteiger partial charge in [0.15, 0.2) is 0 Å². The molecule has 1 heterocycles. The highest BCUT2D eigenvalue weighted by Gasteiger charge is 2.39. The van der Waals surface area contributed by atoms with Gasteiger partial charge in [-0.15, -0.1) is 0 Å². The number of nitrogens with zero attached hydrogens (tertiary/aromatic N) is 1. The zero-order valence-corrected chi connectivity index (χ0v) is 9.65. The average molecular weight is 215 g/mol. The Bertz CT molecular complexity index is 373. The highest BCUT2D eigenvalue weighted by molar-refractivity contribution is 5.28. The third kappa shape index (κ3) is 1.83. The Kier molecular flexibility index (Phi) is 3.26. The molecule has 0 radical (unpaired) electrons. The standard InChI is InChI=1S/C14H17NO/c1-12(11-15)14(7-9-16-10-8-14)13-5-3-2-4-6-13/h2-6,12H,7-10H2,1H3. The molecule has 2 nitrogen and oxygen atoms in total. The van der Waals surface area contributed by atoms with E-state index in [4.69, 9.17) is 4.74 Å². The minimum absolute atomic E-state index is 0.00569. The van der Waals surface area contributed by atoms with Crippen molar-refractivity contribution in [3.63, 3.8) is 0 Å². The summed E-state index contributed by atoms with van der Waals surface area (Å²) in [6.45, 7) is 3.56. The van der Waals surface area contributed by atoms with Crippen LogP contribution in [0.1, 0.15) is 25.3 Å². The number of nitriles is 1. The molecule has 2 rings (SSSR count). The van der Waals surface area contributed by atoms with E-state index in [1.165, 1.54) is 5.56 Å². The second-order valence-electron chi connectivity index (χ2n) is 4.49. The maximum atomic E-state index is 9.22. The molecule has 1 saturated heterocycles. The molecule has 0 saturated carbocycles. The molecule has 1 fully saturated rings. The Morgan fingerprint density at radius 3 is 2.44 bits per heavy atom. The van der Waals surface area contributed by atoms with Gasteiger partial charge >= 0.3 is 0 Å². The molecule has 1 aliphatic heterocycles. The van der Waals surface area contributed by atoms with E-state index in [0.717, 1.165) is 26.1 Å². The summed E-state index contributed by atoms with van der Waals surface area (Å²) >= 11 is 0.